The van der Waals surface area contributed by atoms with Crippen molar-refractivity contribution in [2.24, 2.45) is 5.92 Å². The van der Waals surface area contributed by atoms with Gasteiger partial charge in [-0.15, -0.1) is 22.7 Å². The first-order chi connectivity index (χ1) is 13.3. The summed E-state index contributed by atoms with van der Waals surface area (Å²) in [5.74, 6) is 0.369. The highest BCUT2D eigenvalue weighted by Crippen LogP contribution is 2.30. The maximum atomic E-state index is 12.5. The fraction of sp³-hybridized carbons (Fsp3) is 0.364. The van der Waals surface area contributed by atoms with Crippen LogP contribution in [0.5, 0.6) is 0 Å². The first-order valence-electron chi connectivity index (χ1n) is 9.33. The van der Waals surface area contributed by atoms with Crippen LogP contribution in [0.1, 0.15) is 40.7 Å². The van der Waals surface area contributed by atoms with Gasteiger partial charge in [0.05, 0.1) is 27.7 Å². The first kappa shape index (κ1) is 20.6. The molecule has 0 saturated carbocycles. The standard InChI is InChI=1S/C22H24N2O2S2/c1-13(2)20(26)10-17-7-5-6-16(8-17)9-18(25)11-21-24-19(12-27-21)22-14(3)23-15(4)28-22/h5-8,12-13H,9-11H2,1-4H3. The Hall–Kier alpha value is -2.18. The smallest absolute Gasteiger partial charge is 0.144 e. The second-order valence-corrected chi connectivity index (χ2v) is 9.43. The van der Waals surface area contributed by atoms with Crippen LogP contribution in [0.4, 0.5) is 0 Å². The largest absolute Gasteiger partial charge is 0.299 e. The van der Waals surface area contributed by atoms with Crippen LogP contribution < -0.4 is 0 Å². The van der Waals surface area contributed by atoms with E-state index in [1.807, 2.05) is 57.3 Å². The van der Waals surface area contributed by atoms with Crippen LogP contribution in [0.3, 0.4) is 0 Å². The summed E-state index contributed by atoms with van der Waals surface area (Å²) in [5.41, 5.74) is 3.81. The molecule has 0 unspecified atom stereocenters. The van der Waals surface area contributed by atoms with Gasteiger partial charge >= 0.3 is 0 Å². The summed E-state index contributed by atoms with van der Waals surface area (Å²) in [4.78, 5) is 34.6. The number of hydrogen-bond acceptors (Lipinski definition) is 6. The summed E-state index contributed by atoms with van der Waals surface area (Å²) in [6.07, 6.45) is 1.11. The molecule has 3 aromatic rings. The predicted octanol–water partition coefficient (Wildman–Crippen LogP) is 5.01. The second kappa shape index (κ2) is 8.88. The minimum absolute atomic E-state index is 0.0235. The highest BCUT2D eigenvalue weighted by molar-refractivity contribution is 7.16. The SMILES string of the molecule is Cc1nc(C)c(-c2csc(CC(=O)Cc3cccc(CC(=O)C(C)C)c3)n2)s1. The van der Waals surface area contributed by atoms with E-state index in [4.69, 9.17) is 0 Å². The molecule has 1 aromatic carbocycles. The second-order valence-electron chi connectivity index (χ2n) is 7.28. The molecule has 2 aromatic heterocycles. The highest BCUT2D eigenvalue weighted by atomic mass is 32.1. The van der Waals surface area contributed by atoms with E-state index >= 15 is 0 Å². The summed E-state index contributed by atoms with van der Waals surface area (Å²) in [6, 6.07) is 7.77. The summed E-state index contributed by atoms with van der Waals surface area (Å²) in [5, 5.41) is 3.85. The zero-order valence-corrected chi connectivity index (χ0v) is 18.2. The number of aromatic nitrogens is 2. The third-order valence-electron chi connectivity index (χ3n) is 4.45. The number of nitrogens with zero attached hydrogens (tertiary/aromatic N) is 2. The first-order valence-corrected chi connectivity index (χ1v) is 11.0. The molecule has 0 radical (unpaired) electrons. The van der Waals surface area contributed by atoms with Gasteiger partial charge < -0.3 is 0 Å². The molecule has 146 valence electrons. The van der Waals surface area contributed by atoms with E-state index < -0.39 is 0 Å². The topological polar surface area (TPSA) is 59.9 Å². The number of benzene rings is 1. The van der Waals surface area contributed by atoms with Crippen molar-refractivity contribution < 1.29 is 9.59 Å². The molecule has 4 nitrogen and oxygen atoms in total. The minimum Gasteiger partial charge on any atom is -0.299 e. The molecule has 0 spiro atoms. The third-order valence-corrected chi connectivity index (χ3v) is 6.40. The average Bonchev–Trinajstić information content (AvgIpc) is 3.20. The molecular weight excluding hydrogens is 388 g/mol. The molecule has 2 heterocycles. The molecule has 6 heteroatoms. The van der Waals surface area contributed by atoms with E-state index in [-0.39, 0.29) is 17.5 Å². The van der Waals surface area contributed by atoms with Crippen molar-refractivity contribution in [3.8, 4) is 10.6 Å². The molecule has 3 rings (SSSR count). The molecule has 0 saturated heterocycles. The fourth-order valence-corrected chi connectivity index (χ4v) is 4.75. The van der Waals surface area contributed by atoms with Crippen LogP contribution in [0.15, 0.2) is 29.6 Å². The van der Waals surface area contributed by atoms with Crippen molar-refractivity contribution in [1.82, 2.24) is 9.97 Å². The van der Waals surface area contributed by atoms with Crippen molar-refractivity contribution in [3.63, 3.8) is 0 Å². The summed E-state index contributed by atoms with van der Waals surface area (Å²) < 4.78 is 0. The Morgan fingerprint density at radius 1 is 1.04 bits per heavy atom. The Bertz CT molecular complexity index is 1000. The van der Waals surface area contributed by atoms with Crippen LogP contribution in [0.25, 0.3) is 10.6 Å². The van der Waals surface area contributed by atoms with Gasteiger partial charge in [0.15, 0.2) is 0 Å². The van der Waals surface area contributed by atoms with Crippen molar-refractivity contribution in [2.75, 3.05) is 0 Å². The molecule has 0 aliphatic carbocycles. The van der Waals surface area contributed by atoms with Crippen molar-refractivity contribution in [1.29, 1.82) is 0 Å². The zero-order chi connectivity index (χ0) is 20.3. The Morgan fingerprint density at radius 3 is 2.39 bits per heavy atom. The summed E-state index contributed by atoms with van der Waals surface area (Å²) >= 11 is 3.15. The van der Waals surface area contributed by atoms with E-state index in [0.717, 1.165) is 37.4 Å². The Morgan fingerprint density at radius 2 is 1.75 bits per heavy atom. The van der Waals surface area contributed by atoms with Crippen LogP contribution in [0, 0.1) is 19.8 Å². The number of Topliss-reactive ketones (excluding diaryl/α,β-unsaturated/α-hetero) is 2. The van der Waals surface area contributed by atoms with Gasteiger partial charge in [-0.05, 0) is 25.0 Å². The van der Waals surface area contributed by atoms with Gasteiger partial charge in [0.2, 0.25) is 0 Å². The van der Waals surface area contributed by atoms with Gasteiger partial charge in [-0.1, -0.05) is 38.1 Å². The van der Waals surface area contributed by atoms with E-state index in [9.17, 15) is 9.59 Å². The van der Waals surface area contributed by atoms with Crippen molar-refractivity contribution in [3.05, 3.63) is 56.5 Å². The third kappa shape index (κ3) is 5.20. The number of rotatable bonds is 8. The van der Waals surface area contributed by atoms with Crippen molar-refractivity contribution >= 4 is 34.2 Å². The lowest BCUT2D eigenvalue weighted by Crippen LogP contribution is -2.11. The molecule has 0 amide bonds. The van der Waals surface area contributed by atoms with Crippen LogP contribution in [0.2, 0.25) is 0 Å². The maximum Gasteiger partial charge on any atom is 0.144 e. The molecule has 0 bridgehead atoms. The van der Waals surface area contributed by atoms with Gasteiger partial charge in [-0.2, -0.15) is 0 Å². The number of carbonyl (C=O) groups excluding carboxylic acids is 2. The number of hydrogen-bond donors (Lipinski definition) is 0. The zero-order valence-electron chi connectivity index (χ0n) is 16.6. The Labute approximate surface area is 173 Å². The molecule has 0 aliphatic rings. The number of carbonyl (C=O) groups is 2. The van der Waals surface area contributed by atoms with Gasteiger partial charge in [0.25, 0.3) is 0 Å². The van der Waals surface area contributed by atoms with Crippen molar-refractivity contribution in [2.45, 2.75) is 47.0 Å². The monoisotopic (exact) mass is 412 g/mol. The summed E-state index contributed by atoms with van der Waals surface area (Å²) in [7, 11) is 0. The lowest BCUT2D eigenvalue weighted by atomic mass is 9.98. The van der Waals surface area contributed by atoms with Crippen LogP contribution >= 0.6 is 22.7 Å². The fourth-order valence-electron chi connectivity index (χ4n) is 2.98. The van der Waals surface area contributed by atoms with Gasteiger partial charge in [-0.3, -0.25) is 9.59 Å². The number of ketones is 2. The quantitative estimate of drug-likeness (QED) is 0.522. The normalized spacial score (nSPS) is 11.2. The van der Waals surface area contributed by atoms with Gasteiger partial charge in [0.1, 0.15) is 16.6 Å². The average molecular weight is 413 g/mol. The summed E-state index contributed by atoms with van der Waals surface area (Å²) in [6.45, 7) is 7.79. The van der Waals surface area contributed by atoms with Crippen LogP contribution in [-0.2, 0) is 28.9 Å². The molecule has 0 fully saturated rings. The molecular formula is C22H24N2O2S2. The molecule has 28 heavy (non-hydrogen) atoms. The molecule has 0 N–H and O–H groups in total. The van der Waals surface area contributed by atoms with E-state index in [1.165, 1.54) is 11.3 Å². The maximum absolute atomic E-state index is 12.5. The number of aryl methyl sites for hydroxylation is 2. The Kier molecular flexibility index (Phi) is 6.52. The van der Waals surface area contributed by atoms with Crippen LogP contribution in [-0.4, -0.2) is 21.5 Å². The van der Waals surface area contributed by atoms with Gasteiger partial charge in [-0.25, -0.2) is 9.97 Å². The van der Waals surface area contributed by atoms with Gasteiger partial charge in [0, 0.05) is 24.1 Å². The molecule has 0 atom stereocenters. The number of thiazole rings is 2. The minimum atomic E-state index is 0.0235. The van der Waals surface area contributed by atoms with E-state index in [1.54, 1.807) is 11.3 Å². The Balaban J connectivity index is 1.63. The predicted molar refractivity (Wildman–Crippen MR) is 115 cm³/mol. The lowest BCUT2D eigenvalue weighted by Gasteiger charge is -2.06. The lowest BCUT2D eigenvalue weighted by molar-refractivity contribution is -0.121. The molecule has 0 aliphatic heterocycles. The van der Waals surface area contributed by atoms with E-state index in [0.29, 0.717) is 19.3 Å². The van der Waals surface area contributed by atoms with E-state index in [2.05, 4.69) is 9.97 Å². The highest BCUT2D eigenvalue weighted by Gasteiger charge is 2.14.